The van der Waals surface area contributed by atoms with E-state index in [1.807, 2.05) is 6.92 Å². The van der Waals surface area contributed by atoms with Gasteiger partial charge >= 0.3 is 0 Å². The molecule has 2 aliphatic rings. The molecular weight excluding hydrogens is 661 g/mol. The van der Waals surface area contributed by atoms with E-state index in [1.165, 1.54) is 27.9 Å². The number of aryl methyl sites for hydroxylation is 1. The maximum atomic E-state index is 12.9. The summed E-state index contributed by atoms with van der Waals surface area (Å²) in [5.74, 6) is 0. The zero-order valence-corrected chi connectivity index (χ0v) is 34.3. The van der Waals surface area contributed by atoms with Crippen LogP contribution >= 0.6 is 0 Å². The normalized spacial score (nSPS) is 22.8. The molecule has 280 valence electrons. The Morgan fingerprint density at radius 2 is 1.08 bits per heavy atom. The van der Waals surface area contributed by atoms with Gasteiger partial charge in [0.2, 0.25) is 0 Å². The molecule has 0 heterocycles. The molecule has 1 N–H and O–H groups in total. The van der Waals surface area contributed by atoms with E-state index in [-0.39, 0.29) is 21.8 Å². The Hall–Kier alpha value is -3.77. The molecule has 3 rings (SSSR count). The summed E-state index contributed by atoms with van der Waals surface area (Å²) in [6, 6.07) is 6.80. The fourth-order valence-electron chi connectivity index (χ4n) is 7.11. The van der Waals surface area contributed by atoms with Crippen LogP contribution < -0.4 is 0 Å². The number of aliphatic hydroxyl groups excluding tert-OH is 1. The highest BCUT2D eigenvalue weighted by molar-refractivity contribution is 7.86. The predicted octanol–water partition coefficient (Wildman–Crippen LogP) is 12.3. The van der Waals surface area contributed by atoms with E-state index in [2.05, 4.69) is 154 Å². The van der Waals surface area contributed by atoms with E-state index < -0.39 is 16.2 Å². The van der Waals surface area contributed by atoms with Crippen molar-refractivity contribution in [3.8, 4) is 0 Å². The summed E-state index contributed by atoms with van der Waals surface area (Å²) in [5.41, 5.74) is 10.4. The summed E-state index contributed by atoms with van der Waals surface area (Å²) in [5, 5.41) is 10.1. The highest BCUT2D eigenvalue weighted by Crippen LogP contribution is 2.43. The zero-order valence-electron chi connectivity index (χ0n) is 33.5. The van der Waals surface area contributed by atoms with Crippen molar-refractivity contribution in [2.24, 2.45) is 10.8 Å². The van der Waals surface area contributed by atoms with Gasteiger partial charge in [-0.15, -0.1) is 0 Å². The molecule has 4 nitrogen and oxygen atoms in total. The van der Waals surface area contributed by atoms with Crippen LogP contribution in [0.25, 0.3) is 0 Å². The molecule has 1 aromatic carbocycles. The van der Waals surface area contributed by atoms with Crippen LogP contribution in [0, 0.1) is 17.8 Å². The predicted molar refractivity (Wildman–Crippen MR) is 221 cm³/mol. The van der Waals surface area contributed by atoms with Crippen molar-refractivity contribution in [3.05, 3.63) is 159 Å². The Kier molecular flexibility index (Phi) is 15.4. The van der Waals surface area contributed by atoms with Gasteiger partial charge in [0.1, 0.15) is 0 Å². The smallest absolute Gasteiger partial charge is 0.297 e. The fourth-order valence-corrected chi connectivity index (χ4v) is 8.18. The van der Waals surface area contributed by atoms with Crippen LogP contribution in [0.2, 0.25) is 0 Å². The highest BCUT2D eigenvalue weighted by atomic mass is 32.2. The van der Waals surface area contributed by atoms with Crippen molar-refractivity contribution < 1.29 is 17.7 Å². The molecule has 0 radical (unpaired) electrons. The van der Waals surface area contributed by atoms with E-state index in [1.54, 1.807) is 24.3 Å². The maximum Gasteiger partial charge on any atom is 0.297 e. The molecule has 0 spiro atoms. The molecule has 0 aliphatic heterocycles. The number of hydrogen-bond acceptors (Lipinski definition) is 4. The fraction of sp³-hybridized carbons (Fsp3) is 0.404. The summed E-state index contributed by atoms with van der Waals surface area (Å²) in [6.45, 7) is 23.2. The lowest BCUT2D eigenvalue weighted by molar-refractivity contribution is 0.116. The van der Waals surface area contributed by atoms with E-state index in [4.69, 9.17) is 4.18 Å². The molecule has 0 aromatic heterocycles. The first-order valence-electron chi connectivity index (χ1n) is 18.5. The first kappa shape index (κ1) is 42.6. The minimum absolute atomic E-state index is 0.0113. The van der Waals surface area contributed by atoms with Crippen LogP contribution in [-0.4, -0.2) is 25.7 Å². The minimum Gasteiger partial charge on any atom is -0.393 e. The lowest BCUT2D eigenvalue weighted by atomic mass is 9.71. The van der Waals surface area contributed by atoms with E-state index in [9.17, 15) is 13.5 Å². The van der Waals surface area contributed by atoms with Gasteiger partial charge in [-0.3, -0.25) is 4.18 Å². The van der Waals surface area contributed by atoms with Crippen LogP contribution in [-0.2, 0) is 14.3 Å². The quantitative estimate of drug-likeness (QED) is 0.163. The molecule has 0 amide bonds. The van der Waals surface area contributed by atoms with Crippen molar-refractivity contribution in [1.29, 1.82) is 0 Å². The Morgan fingerprint density at radius 1 is 0.654 bits per heavy atom. The molecule has 2 unspecified atom stereocenters. The molecule has 2 atom stereocenters. The maximum absolute atomic E-state index is 12.9. The topological polar surface area (TPSA) is 63.6 Å². The molecule has 0 saturated carbocycles. The van der Waals surface area contributed by atoms with Crippen molar-refractivity contribution in [2.75, 3.05) is 0 Å². The van der Waals surface area contributed by atoms with E-state index >= 15 is 0 Å². The second kappa shape index (κ2) is 18.8. The van der Waals surface area contributed by atoms with Crippen LogP contribution in [0.5, 0.6) is 0 Å². The summed E-state index contributed by atoms with van der Waals surface area (Å²) < 4.78 is 31.6. The molecule has 2 aliphatic carbocycles. The van der Waals surface area contributed by atoms with Crippen LogP contribution in [0.4, 0.5) is 0 Å². The van der Waals surface area contributed by atoms with Crippen molar-refractivity contribution in [2.45, 2.75) is 119 Å². The average Bonchev–Trinajstić information content (AvgIpc) is 3.01. The number of benzene rings is 1. The van der Waals surface area contributed by atoms with Gasteiger partial charge in [0.05, 0.1) is 17.1 Å². The molecule has 0 saturated heterocycles. The molecule has 0 fully saturated rings. The third-order valence-electron chi connectivity index (χ3n) is 9.80. The monoisotopic (exact) mass is 722 g/mol. The molecular formula is C47H62O4S. The Balaban J connectivity index is 1.53. The number of rotatable bonds is 13. The number of allylic oxidation sites excluding steroid dienone is 20. The Bertz CT molecular complexity index is 1870. The lowest BCUT2D eigenvalue weighted by Crippen LogP contribution is -2.32. The molecule has 0 bridgehead atoms. The average molecular weight is 723 g/mol. The Morgan fingerprint density at radius 3 is 1.54 bits per heavy atom. The summed E-state index contributed by atoms with van der Waals surface area (Å²) in [6.07, 6.45) is 31.7. The second-order valence-corrected chi connectivity index (χ2v) is 17.6. The summed E-state index contributed by atoms with van der Waals surface area (Å²) in [4.78, 5) is 0.201. The van der Waals surface area contributed by atoms with Crippen molar-refractivity contribution in [1.82, 2.24) is 0 Å². The van der Waals surface area contributed by atoms with Crippen LogP contribution in [0.1, 0.15) is 100 Å². The third kappa shape index (κ3) is 13.3. The van der Waals surface area contributed by atoms with Gasteiger partial charge in [-0.05, 0) is 108 Å². The van der Waals surface area contributed by atoms with Crippen LogP contribution in [0.15, 0.2) is 159 Å². The zero-order chi connectivity index (χ0) is 38.7. The highest BCUT2D eigenvalue weighted by Gasteiger charge is 2.36. The first-order chi connectivity index (χ1) is 24.3. The molecule has 1 aromatic rings. The summed E-state index contributed by atoms with van der Waals surface area (Å²) in [7, 11) is -3.82. The molecule has 52 heavy (non-hydrogen) atoms. The largest absolute Gasteiger partial charge is 0.393 e. The minimum atomic E-state index is -3.82. The lowest BCUT2D eigenvalue weighted by Gasteiger charge is -2.37. The van der Waals surface area contributed by atoms with E-state index in [0.29, 0.717) is 12.8 Å². The van der Waals surface area contributed by atoms with Gasteiger partial charge in [0.25, 0.3) is 10.1 Å². The number of aliphatic hydroxyl groups is 1. The second-order valence-electron chi connectivity index (χ2n) is 16.0. The SMILES string of the molecule is CC(C=CC=C(C)C=CC1=C(C)CC(O)CC1(C)C)=CC=CC=C(C)C=CC=C(C)C=CC1=C(C)CC(OS(=O)(=O)c2ccc(C)cc2)CC1(C)C. The van der Waals surface area contributed by atoms with Crippen molar-refractivity contribution in [3.63, 3.8) is 0 Å². The first-order valence-corrected chi connectivity index (χ1v) is 19.9. The number of hydrogen-bond donors (Lipinski definition) is 1. The standard InChI is InChI=1S/C47H62O4S/c1-34(18-14-20-36(3)24-28-44-39(6)30-41(48)32-46(44,8)9)16-12-13-17-35(2)19-15-21-37(4)25-29-45-40(7)31-42(33-47(45,10)11)51-52(49,50)43-26-22-38(5)23-27-43/h12-29,41-42,48H,30-33H2,1-11H3. The van der Waals surface area contributed by atoms with Gasteiger partial charge in [-0.2, -0.15) is 8.42 Å². The van der Waals surface area contributed by atoms with Crippen LogP contribution in [0.3, 0.4) is 0 Å². The third-order valence-corrected chi connectivity index (χ3v) is 11.2. The summed E-state index contributed by atoms with van der Waals surface area (Å²) >= 11 is 0. The van der Waals surface area contributed by atoms with Crippen molar-refractivity contribution >= 4 is 10.1 Å². The Labute approximate surface area is 316 Å². The van der Waals surface area contributed by atoms with Gasteiger partial charge in [-0.1, -0.05) is 164 Å². The van der Waals surface area contributed by atoms with Gasteiger partial charge < -0.3 is 5.11 Å². The molecule has 5 heteroatoms. The van der Waals surface area contributed by atoms with Gasteiger partial charge in [0, 0.05) is 0 Å². The van der Waals surface area contributed by atoms with E-state index in [0.717, 1.165) is 35.1 Å². The van der Waals surface area contributed by atoms with Gasteiger partial charge in [-0.25, -0.2) is 0 Å². The van der Waals surface area contributed by atoms with Gasteiger partial charge in [0.15, 0.2) is 0 Å².